The molecule has 0 unspecified atom stereocenters. The molecule has 0 heteroatoms. The zero-order chi connectivity index (χ0) is 4.85. The quantitative estimate of drug-likeness (QED) is 0.464. The van der Waals surface area contributed by atoms with Gasteiger partial charge in [0, 0.05) is 0 Å². The average Bonchev–Trinajstić information content (AvgIpc) is 2.33. The molecule has 0 aliphatic heterocycles. The molecule has 7 heavy (non-hydrogen) atoms. The first-order valence-electron chi connectivity index (χ1n) is 2.49. The average molecular weight is 90.1 g/mol. The van der Waals surface area contributed by atoms with E-state index < -0.39 is 0 Å². The third-order valence-electron chi connectivity index (χ3n) is 1.47. The van der Waals surface area contributed by atoms with Gasteiger partial charge >= 0.3 is 0 Å². The molecule has 0 atom stereocenters. The maximum atomic E-state index is 2.20. The van der Waals surface area contributed by atoms with Gasteiger partial charge in [0.15, 0.2) is 0 Å². The van der Waals surface area contributed by atoms with E-state index in [1.807, 2.05) is 0 Å². The fraction of sp³-hybridized carbons (Fsp3) is 0.143. The molecular formula is C7H6. The Labute approximate surface area is 42.8 Å². The summed E-state index contributed by atoms with van der Waals surface area (Å²) in [5, 5.41) is 0. The minimum Gasteiger partial charge on any atom is -0.0581 e. The van der Waals surface area contributed by atoms with Gasteiger partial charge in [-0.25, -0.2) is 0 Å². The molecule has 0 nitrogen and oxygen atoms in total. The minimum absolute atomic E-state index is 1.43. The molecule has 0 N–H and O–H groups in total. The van der Waals surface area contributed by atoms with Crippen LogP contribution in [-0.4, -0.2) is 0 Å². The summed E-state index contributed by atoms with van der Waals surface area (Å²) in [5.74, 6) is 0. The molecule has 0 spiro atoms. The van der Waals surface area contributed by atoms with Gasteiger partial charge in [-0.3, -0.25) is 0 Å². The SMILES string of the molecule is Cc1ccc2cc1-2. The molecule has 2 rings (SSSR count). The van der Waals surface area contributed by atoms with Crippen molar-refractivity contribution in [1.29, 1.82) is 0 Å². The summed E-state index contributed by atoms with van der Waals surface area (Å²) in [7, 11) is 0. The van der Waals surface area contributed by atoms with Crippen LogP contribution in [0, 0.1) is 6.92 Å². The molecule has 0 bridgehead atoms. The molecule has 0 aromatic heterocycles. The van der Waals surface area contributed by atoms with Crippen molar-refractivity contribution in [3.05, 3.63) is 23.8 Å². The van der Waals surface area contributed by atoms with Gasteiger partial charge in [0.25, 0.3) is 0 Å². The Kier molecular flexibility index (Phi) is 0.343. The number of fused-ring (bicyclic) bond motifs is 1. The fourth-order valence-electron chi connectivity index (χ4n) is 0.903. The van der Waals surface area contributed by atoms with Gasteiger partial charge in [-0.1, -0.05) is 12.1 Å². The van der Waals surface area contributed by atoms with Crippen LogP contribution >= 0.6 is 0 Å². The van der Waals surface area contributed by atoms with Gasteiger partial charge in [0.1, 0.15) is 0 Å². The van der Waals surface area contributed by atoms with Gasteiger partial charge in [-0.05, 0) is 29.7 Å². The van der Waals surface area contributed by atoms with Crippen LogP contribution in [0.2, 0.25) is 0 Å². The standard InChI is InChI=1S/C7H6/c1-5-2-3-6-4-7(5)6/h2-4H,1H3. The molecule has 2 aliphatic carbocycles. The predicted molar refractivity (Wildman–Crippen MR) is 30.2 cm³/mol. The Balaban J connectivity index is 2.77. The number of benzene rings is 1. The highest BCUT2D eigenvalue weighted by atomic mass is 14.2. The number of hydrogen-bond donors (Lipinski definition) is 0. The first-order valence-corrected chi connectivity index (χ1v) is 2.49. The summed E-state index contributed by atoms with van der Waals surface area (Å²) < 4.78 is 0. The maximum absolute atomic E-state index is 2.20. The van der Waals surface area contributed by atoms with Crippen molar-refractivity contribution in [3.63, 3.8) is 0 Å². The molecule has 0 heterocycles. The molecule has 34 valence electrons. The van der Waals surface area contributed by atoms with Gasteiger partial charge in [-0.15, -0.1) is 0 Å². The smallest absolute Gasteiger partial charge is 0.0148 e. The monoisotopic (exact) mass is 90.0 g/mol. The van der Waals surface area contributed by atoms with Crippen molar-refractivity contribution in [2.45, 2.75) is 6.92 Å². The van der Waals surface area contributed by atoms with Crippen molar-refractivity contribution in [3.8, 4) is 11.1 Å². The molecular weight excluding hydrogens is 84.1 g/mol. The van der Waals surface area contributed by atoms with Gasteiger partial charge in [0.2, 0.25) is 0 Å². The van der Waals surface area contributed by atoms with E-state index in [0.717, 1.165) is 0 Å². The molecule has 0 fully saturated rings. The third-order valence-corrected chi connectivity index (χ3v) is 1.47. The Morgan fingerprint density at radius 3 is 2.29 bits per heavy atom. The van der Waals surface area contributed by atoms with Gasteiger partial charge in [0.05, 0.1) is 0 Å². The van der Waals surface area contributed by atoms with Crippen LogP contribution in [0.15, 0.2) is 18.2 Å². The molecule has 0 saturated heterocycles. The summed E-state index contributed by atoms with van der Waals surface area (Å²) >= 11 is 0. The molecule has 0 radical (unpaired) electrons. The topological polar surface area (TPSA) is 0 Å². The predicted octanol–water partition coefficient (Wildman–Crippen LogP) is 1.98. The summed E-state index contributed by atoms with van der Waals surface area (Å²) in [6, 6.07) is 6.52. The van der Waals surface area contributed by atoms with Crippen LogP contribution in [0.5, 0.6) is 0 Å². The summed E-state index contributed by atoms with van der Waals surface area (Å²) in [4.78, 5) is 0. The molecule has 0 saturated carbocycles. The zero-order valence-electron chi connectivity index (χ0n) is 4.23. The van der Waals surface area contributed by atoms with Gasteiger partial charge in [-0.2, -0.15) is 0 Å². The third kappa shape index (κ3) is 0.268. The first kappa shape index (κ1) is 3.25. The normalized spacial score (nSPS) is 11.6. The Morgan fingerprint density at radius 2 is 2.14 bits per heavy atom. The van der Waals surface area contributed by atoms with E-state index >= 15 is 0 Å². The lowest BCUT2D eigenvalue weighted by Gasteiger charge is -1.71. The highest BCUT2D eigenvalue weighted by Gasteiger charge is 2.12. The van der Waals surface area contributed by atoms with Crippen LogP contribution in [0.4, 0.5) is 0 Å². The fourth-order valence-corrected chi connectivity index (χ4v) is 0.903. The number of hydrogen-bond acceptors (Lipinski definition) is 0. The molecule has 0 aromatic carbocycles. The van der Waals surface area contributed by atoms with E-state index in [2.05, 4.69) is 25.1 Å². The van der Waals surface area contributed by atoms with Crippen molar-refractivity contribution >= 4 is 0 Å². The van der Waals surface area contributed by atoms with Crippen molar-refractivity contribution in [2.75, 3.05) is 0 Å². The van der Waals surface area contributed by atoms with E-state index in [9.17, 15) is 0 Å². The number of rotatable bonds is 0. The zero-order valence-corrected chi connectivity index (χ0v) is 4.23. The van der Waals surface area contributed by atoms with Crippen molar-refractivity contribution in [1.82, 2.24) is 0 Å². The summed E-state index contributed by atoms with van der Waals surface area (Å²) in [6.07, 6.45) is 0. The van der Waals surface area contributed by atoms with E-state index in [4.69, 9.17) is 0 Å². The van der Waals surface area contributed by atoms with Crippen LogP contribution in [0.1, 0.15) is 5.56 Å². The maximum Gasteiger partial charge on any atom is -0.0148 e. The Bertz CT molecular complexity index is 211. The lowest BCUT2D eigenvalue weighted by molar-refractivity contribution is 1.57. The molecule has 0 aromatic rings. The van der Waals surface area contributed by atoms with E-state index in [-0.39, 0.29) is 0 Å². The Hall–Kier alpha value is -0.780. The Morgan fingerprint density at radius 1 is 1.29 bits per heavy atom. The van der Waals surface area contributed by atoms with Crippen LogP contribution in [0.3, 0.4) is 0 Å². The summed E-state index contributed by atoms with van der Waals surface area (Å²) in [6.45, 7) is 2.14. The largest absolute Gasteiger partial charge is 0.0581 e. The highest BCUT2D eigenvalue weighted by molar-refractivity contribution is 5.84. The van der Waals surface area contributed by atoms with Crippen molar-refractivity contribution < 1.29 is 0 Å². The summed E-state index contributed by atoms with van der Waals surface area (Å²) in [5.41, 5.74) is 4.34. The number of aryl methyl sites for hydroxylation is 1. The van der Waals surface area contributed by atoms with E-state index in [0.29, 0.717) is 0 Å². The second-order valence-corrected chi connectivity index (χ2v) is 2.03. The second-order valence-electron chi connectivity index (χ2n) is 2.03. The second kappa shape index (κ2) is 0.738. The molecule has 0 amide bonds. The van der Waals surface area contributed by atoms with Crippen molar-refractivity contribution in [2.24, 2.45) is 0 Å². The lowest BCUT2D eigenvalue weighted by Crippen LogP contribution is -1.51. The van der Waals surface area contributed by atoms with Crippen LogP contribution in [-0.2, 0) is 0 Å². The van der Waals surface area contributed by atoms with Crippen LogP contribution < -0.4 is 0 Å². The minimum atomic E-state index is 1.43. The van der Waals surface area contributed by atoms with E-state index in [1.165, 1.54) is 16.7 Å². The van der Waals surface area contributed by atoms with Crippen LogP contribution in [0.25, 0.3) is 11.1 Å². The van der Waals surface area contributed by atoms with Gasteiger partial charge < -0.3 is 0 Å². The van der Waals surface area contributed by atoms with E-state index in [1.54, 1.807) is 0 Å². The first-order chi connectivity index (χ1) is 3.38. The lowest BCUT2D eigenvalue weighted by atomic mass is 10.3. The molecule has 2 aliphatic rings. The highest BCUT2D eigenvalue weighted by Crippen LogP contribution is 2.37.